The summed E-state index contributed by atoms with van der Waals surface area (Å²) in [5.41, 5.74) is 16.1. The molecule has 0 bridgehead atoms. The van der Waals surface area contributed by atoms with E-state index < -0.39 is 0 Å². The Hall–Kier alpha value is -2.75. The lowest BCUT2D eigenvalue weighted by Gasteiger charge is -2.05. The smallest absolute Gasteiger partial charge is 0.330 e. The number of hydrogen-bond acceptors (Lipinski definition) is 4. The number of ether oxygens (including phenoxy) is 1. The Balaban J connectivity index is 2.08. The van der Waals surface area contributed by atoms with E-state index in [1.165, 1.54) is 13.2 Å². The minimum absolute atomic E-state index is 0.366. The van der Waals surface area contributed by atoms with Crippen LogP contribution in [0.4, 0.5) is 11.4 Å². The molecule has 0 aliphatic rings. The molecule has 0 unspecified atom stereocenters. The van der Waals surface area contributed by atoms with Crippen molar-refractivity contribution in [3.63, 3.8) is 0 Å². The van der Waals surface area contributed by atoms with Crippen LogP contribution in [0.2, 0.25) is 0 Å². The number of hydrogen-bond donors (Lipinski definition) is 2. The highest BCUT2D eigenvalue weighted by Gasteiger charge is 2.00. The molecule has 0 amide bonds. The van der Waals surface area contributed by atoms with Crippen molar-refractivity contribution in [2.45, 2.75) is 6.42 Å². The number of benzene rings is 2. The quantitative estimate of drug-likeness (QED) is 0.513. The zero-order valence-electron chi connectivity index (χ0n) is 11.9. The lowest BCUT2D eigenvalue weighted by atomic mass is 10.0. The molecule has 4 nitrogen and oxygen atoms in total. The molecule has 0 radical (unpaired) electrons. The van der Waals surface area contributed by atoms with Crippen molar-refractivity contribution in [3.05, 3.63) is 65.2 Å². The zero-order valence-corrected chi connectivity index (χ0v) is 11.9. The average molecular weight is 282 g/mol. The summed E-state index contributed by atoms with van der Waals surface area (Å²) in [5, 5.41) is 0. The van der Waals surface area contributed by atoms with Gasteiger partial charge in [-0.2, -0.15) is 0 Å². The summed E-state index contributed by atoms with van der Waals surface area (Å²) in [6.45, 7) is 0. The first-order valence-corrected chi connectivity index (χ1v) is 6.57. The zero-order chi connectivity index (χ0) is 15.2. The van der Waals surface area contributed by atoms with Gasteiger partial charge >= 0.3 is 5.97 Å². The van der Waals surface area contributed by atoms with Crippen molar-refractivity contribution in [3.8, 4) is 0 Å². The second-order valence-corrected chi connectivity index (χ2v) is 4.78. The maximum atomic E-state index is 11.0. The molecule has 0 fully saturated rings. The van der Waals surface area contributed by atoms with Crippen molar-refractivity contribution in [2.75, 3.05) is 18.6 Å². The lowest BCUT2D eigenvalue weighted by molar-refractivity contribution is -0.134. The van der Waals surface area contributed by atoms with Gasteiger partial charge in [0.15, 0.2) is 0 Å². The van der Waals surface area contributed by atoms with Crippen LogP contribution < -0.4 is 11.5 Å². The highest BCUT2D eigenvalue weighted by molar-refractivity contribution is 5.86. The van der Waals surface area contributed by atoms with Gasteiger partial charge in [-0.15, -0.1) is 0 Å². The van der Waals surface area contributed by atoms with Crippen molar-refractivity contribution in [2.24, 2.45) is 0 Å². The second kappa shape index (κ2) is 6.61. The van der Waals surface area contributed by atoms with Crippen LogP contribution in [0.25, 0.3) is 6.08 Å². The van der Waals surface area contributed by atoms with Gasteiger partial charge in [-0.05, 0) is 47.4 Å². The minimum atomic E-state index is -0.366. The SMILES string of the molecule is COC(=O)/C=C/c1ccc(Cc2cc(N)cc(N)c2)cc1. The number of carbonyl (C=O) groups excluding carboxylic acids is 1. The molecule has 0 aromatic heterocycles. The molecule has 2 rings (SSSR count). The van der Waals surface area contributed by atoms with E-state index in [1.54, 1.807) is 12.1 Å². The Morgan fingerprint density at radius 1 is 1.05 bits per heavy atom. The van der Waals surface area contributed by atoms with Gasteiger partial charge in [-0.1, -0.05) is 24.3 Å². The highest BCUT2D eigenvalue weighted by atomic mass is 16.5. The van der Waals surface area contributed by atoms with E-state index in [4.69, 9.17) is 11.5 Å². The molecular formula is C17H18N2O2. The molecule has 0 aliphatic heterocycles. The summed E-state index contributed by atoms with van der Waals surface area (Å²) in [6.07, 6.45) is 3.87. The number of methoxy groups -OCH3 is 1. The van der Waals surface area contributed by atoms with E-state index >= 15 is 0 Å². The molecule has 4 N–H and O–H groups in total. The van der Waals surface area contributed by atoms with Crippen LogP contribution in [0.3, 0.4) is 0 Å². The third-order valence-corrected chi connectivity index (χ3v) is 3.04. The summed E-state index contributed by atoms with van der Waals surface area (Å²) < 4.78 is 4.55. The Kier molecular flexibility index (Phi) is 4.61. The van der Waals surface area contributed by atoms with Gasteiger partial charge in [-0.3, -0.25) is 0 Å². The Bertz CT molecular complexity index is 641. The first-order valence-electron chi connectivity index (χ1n) is 6.57. The number of carbonyl (C=O) groups is 1. The van der Waals surface area contributed by atoms with Gasteiger partial charge in [0.1, 0.15) is 0 Å². The molecule has 108 valence electrons. The summed E-state index contributed by atoms with van der Waals surface area (Å²) in [5.74, 6) is -0.366. The van der Waals surface area contributed by atoms with Crippen LogP contribution in [0.5, 0.6) is 0 Å². The van der Waals surface area contributed by atoms with Crippen LogP contribution >= 0.6 is 0 Å². The lowest BCUT2D eigenvalue weighted by Crippen LogP contribution is -1.95. The molecular weight excluding hydrogens is 264 g/mol. The van der Waals surface area contributed by atoms with Crippen molar-refractivity contribution >= 4 is 23.4 Å². The number of nitrogen functional groups attached to an aromatic ring is 2. The number of esters is 1. The van der Waals surface area contributed by atoms with Gasteiger partial charge in [0.2, 0.25) is 0 Å². The van der Waals surface area contributed by atoms with E-state index in [0.29, 0.717) is 11.4 Å². The van der Waals surface area contributed by atoms with Gasteiger partial charge < -0.3 is 16.2 Å². The van der Waals surface area contributed by atoms with Gasteiger partial charge in [0, 0.05) is 17.5 Å². The molecule has 0 saturated carbocycles. The van der Waals surface area contributed by atoms with Crippen LogP contribution in [-0.2, 0) is 16.0 Å². The number of nitrogens with two attached hydrogens (primary N) is 2. The second-order valence-electron chi connectivity index (χ2n) is 4.78. The summed E-state index contributed by atoms with van der Waals surface area (Å²) >= 11 is 0. The third-order valence-electron chi connectivity index (χ3n) is 3.04. The van der Waals surface area contributed by atoms with E-state index in [1.807, 2.05) is 36.4 Å². The van der Waals surface area contributed by atoms with Crippen molar-refractivity contribution in [1.82, 2.24) is 0 Å². The molecule has 0 spiro atoms. The molecule has 0 heterocycles. The molecule has 0 saturated heterocycles. The predicted molar refractivity (Wildman–Crippen MR) is 85.6 cm³/mol. The number of anilines is 2. The van der Waals surface area contributed by atoms with Crippen LogP contribution in [0.15, 0.2) is 48.5 Å². The molecule has 21 heavy (non-hydrogen) atoms. The fourth-order valence-corrected chi connectivity index (χ4v) is 2.06. The number of rotatable bonds is 4. The normalized spacial score (nSPS) is 10.7. The van der Waals surface area contributed by atoms with Gasteiger partial charge in [0.25, 0.3) is 0 Å². The predicted octanol–water partition coefficient (Wildman–Crippen LogP) is 2.63. The first kappa shape index (κ1) is 14.7. The third kappa shape index (κ3) is 4.38. The fourth-order valence-electron chi connectivity index (χ4n) is 2.06. The fraction of sp³-hybridized carbons (Fsp3) is 0.118. The molecule has 0 atom stereocenters. The average Bonchev–Trinajstić information content (AvgIpc) is 2.45. The topological polar surface area (TPSA) is 78.3 Å². The maximum Gasteiger partial charge on any atom is 0.330 e. The molecule has 2 aromatic rings. The van der Waals surface area contributed by atoms with E-state index in [9.17, 15) is 4.79 Å². The molecule has 4 heteroatoms. The first-order chi connectivity index (χ1) is 10.1. The molecule has 0 aliphatic carbocycles. The van der Waals surface area contributed by atoms with Crippen molar-refractivity contribution in [1.29, 1.82) is 0 Å². The molecule has 2 aromatic carbocycles. The van der Waals surface area contributed by atoms with E-state index in [2.05, 4.69) is 4.74 Å². The largest absolute Gasteiger partial charge is 0.466 e. The van der Waals surface area contributed by atoms with Crippen LogP contribution in [0.1, 0.15) is 16.7 Å². The van der Waals surface area contributed by atoms with Gasteiger partial charge in [0.05, 0.1) is 7.11 Å². The monoisotopic (exact) mass is 282 g/mol. The Labute approximate surface area is 124 Å². The van der Waals surface area contributed by atoms with E-state index in [0.717, 1.165) is 23.1 Å². The summed E-state index contributed by atoms with van der Waals surface area (Å²) in [4.78, 5) is 11.0. The Morgan fingerprint density at radius 2 is 1.67 bits per heavy atom. The minimum Gasteiger partial charge on any atom is -0.466 e. The highest BCUT2D eigenvalue weighted by Crippen LogP contribution is 2.17. The summed E-state index contributed by atoms with van der Waals surface area (Å²) in [7, 11) is 1.35. The van der Waals surface area contributed by atoms with Crippen LogP contribution in [-0.4, -0.2) is 13.1 Å². The summed E-state index contributed by atoms with van der Waals surface area (Å²) in [6, 6.07) is 13.5. The van der Waals surface area contributed by atoms with Crippen LogP contribution in [0, 0.1) is 0 Å². The Morgan fingerprint density at radius 3 is 2.24 bits per heavy atom. The standard InChI is InChI=1S/C17H18N2O2/c1-21-17(20)7-6-12-2-4-13(5-3-12)8-14-9-15(18)11-16(19)10-14/h2-7,9-11H,8,18-19H2,1H3/b7-6+. The van der Waals surface area contributed by atoms with E-state index in [-0.39, 0.29) is 5.97 Å². The maximum absolute atomic E-state index is 11.0. The van der Waals surface area contributed by atoms with Gasteiger partial charge in [-0.25, -0.2) is 4.79 Å². The van der Waals surface area contributed by atoms with Crippen molar-refractivity contribution < 1.29 is 9.53 Å².